The van der Waals surface area contributed by atoms with Crippen LogP contribution in [0.4, 0.5) is 0 Å². The summed E-state index contributed by atoms with van der Waals surface area (Å²) in [7, 11) is 1.75. The average molecular weight is 241 g/mol. The lowest BCUT2D eigenvalue weighted by atomic mass is 9.91. The summed E-state index contributed by atoms with van der Waals surface area (Å²) in [6, 6.07) is 6.32. The third kappa shape index (κ3) is 1.73. The van der Waals surface area contributed by atoms with Crippen LogP contribution in [0.5, 0.6) is 5.75 Å². The van der Waals surface area contributed by atoms with Crippen molar-refractivity contribution in [3.8, 4) is 5.75 Å². The Bertz CT molecular complexity index is 309. The van der Waals surface area contributed by atoms with Crippen LogP contribution < -0.4 is 4.74 Å². The zero-order valence-electron chi connectivity index (χ0n) is 7.72. The SMILES string of the molecule is COc1cccc2c1CCC(Br)C2. The fourth-order valence-electron chi connectivity index (χ4n) is 1.92. The van der Waals surface area contributed by atoms with Gasteiger partial charge in [-0.25, -0.2) is 0 Å². The van der Waals surface area contributed by atoms with Crippen molar-refractivity contribution in [2.75, 3.05) is 7.11 Å². The molecule has 13 heavy (non-hydrogen) atoms. The minimum atomic E-state index is 0.645. The predicted octanol–water partition coefficient (Wildman–Crippen LogP) is 2.95. The largest absolute Gasteiger partial charge is 0.496 e. The van der Waals surface area contributed by atoms with E-state index >= 15 is 0 Å². The third-order valence-corrected chi connectivity index (χ3v) is 3.38. The summed E-state index contributed by atoms with van der Waals surface area (Å²) >= 11 is 3.66. The zero-order chi connectivity index (χ0) is 9.26. The fraction of sp³-hybridized carbons (Fsp3) is 0.455. The molecule has 2 heteroatoms. The smallest absolute Gasteiger partial charge is 0.122 e. The second kappa shape index (κ2) is 3.70. The van der Waals surface area contributed by atoms with E-state index in [4.69, 9.17) is 4.74 Å². The van der Waals surface area contributed by atoms with Gasteiger partial charge >= 0.3 is 0 Å². The summed E-state index contributed by atoms with van der Waals surface area (Å²) in [6.45, 7) is 0. The predicted molar refractivity (Wildman–Crippen MR) is 57.7 cm³/mol. The van der Waals surface area contributed by atoms with Crippen molar-refractivity contribution in [1.29, 1.82) is 0 Å². The highest BCUT2D eigenvalue weighted by atomic mass is 79.9. The van der Waals surface area contributed by atoms with E-state index < -0.39 is 0 Å². The molecule has 1 aliphatic carbocycles. The number of hydrogen-bond donors (Lipinski definition) is 0. The van der Waals surface area contributed by atoms with Gasteiger partial charge in [-0.05, 0) is 36.5 Å². The van der Waals surface area contributed by atoms with Crippen LogP contribution in [0, 0.1) is 0 Å². The van der Waals surface area contributed by atoms with E-state index in [1.165, 1.54) is 17.5 Å². The van der Waals surface area contributed by atoms with Gasteiger partial charge in [-0.1, -0.05) is 28.1 Å². The molecule has 0 aromatic heterocycles. The van der Waals surface area contributed by atoms with Gasteiger partial charge in [0.2, 0.25) is 0 Å². The number of alkyl halides is 1. The van der Waals surface area contributed by atoms with Crippen molar-refractivity contribution in [2.45, 2.75) is 24.1 Å². The number of halogens is 1. The molecule has 2 rings (SSSR count). The Hall–Kier alpha value is -0.500. The Morgan fingerprint density at radius 3 is 3.08 bits per heavy atom. The number of hydrogen-bond acceptors (Lipinski definition) is 1. The number of ether oxygens (including phenoxy) is 1. The maximum absolute atomic E-state index is 5.33. The molecular weight excluding hydrogens is 228 g/mol. The maximum Gasteiger partial charge on any atom is 0.122 e. The van der Waals surface area contributed by atoms with Crippen LogP contribution >= 0.6 is 15.9 Å². The second-order valence-corrected chi connectivity index (χ2v) is 4.73. The summed E-state index contributed by atoms with van der Waals surface area (Å²) in [5.74, 6) is 1.05. The van der Waals surface area contributed by atoms with Gasteiger partial charge in [-0.15, -0.1) is 0 Å². The average Bonchev–Trinajstić information content (AvgIpc) is 2.16. The fourth-order valence-corrected chi connectivity index (χ4v) is 2.50. The summed E-state index contributed by atoms with van der Waals surface area (Å²) < 4.78 is 5.33. The molecule has 1 atom stereocenters. The van der Waals surface area contributed by atoms with Crippen LogP contribution in [0.1, 0.15) is 17.5 Å². The Morgan fingerprint density at radius 1 is 1.46 bits per heavy atom. The molecule has 1 aromatic carbocycles. The summed E-state index contributed by atoms with van der Waals surface area (Å²) in [6.07, 6.45) is 3.48. The van der Waals surface area contributed by atoms with E-state index in [1.54, 1.807) is 7.11 Å². The first kappa shape index (κ1) is 9.07. The molecule has 0 aliphatic heterocycles. The molecule has 0 N–H and O–H groups in total. The molecule has 0 bridgehead atoms. The maximum atomic E-state index is 5.33. The topological polar surface area (TPSA) is 9.23 Å². The van der Waals surface area contributed by atoms with Gasteiger partial charge in [0.15, 0.2) is 0 Å². The third-order valence-electron chi connectivity index (χ3n) is 2.60. The molecule has 70 valence electrons. The highest BCUT2D eigenvalue weighted by Crippen LogP contribution is 2.31. The van der Waals surface area contributed by atoms with Gasteiger partial charge in [0, 0.05) is 4.83 Å². The van der Waals surface area contributed by atoms with Gasteiger partial charge in [0.25, 0.3) is 0 Å². The van der Waals surface area contributed by atoms with Crippen LogP contribution in [0.25, 0.3) is 0 Å². The molecule has 0 saturated heterocycles. The Kier molecular flexibility index (Phi) is 2.58. The van der Waals surface area contributed by atoms with Gasteiger partial charge < -0.3 is 4.74 Å². The van der Waals surface area contributed by atoms with Crippen molar-refractivity contribution < 1.29 is 4.74 Å². The number of methoxy groups -OCH3 is 1. The van der Waals surface area contributed by atoms with Crippen LogP contribution in [0.15, 0.2) is 18.2 Å². The summed E-state index contributed by atoms with van der Waals surface area (Å²) in [5, 5.41) is 0. The summed E-state index contributed by atoms with van der Waals surface area (Å²) in [5.41, 5.74) is 2.84. The normalized spacial score (nSPS) is 20.9. The highest BCUT2D eigenvalue weighted by molar-refractivity contribution is 9.09. The molecule has 1 unspecified atom stereocenters. The first-order valence-corrected chi connectivity index (χ1v) is 5.51. The molecule has 0 amide bonds. The van der Waals surface area contributed by atoms with Crippen LogP contribution in [-0.4, -0.2) is 11.9 Å². The molecule has 1 nitrogen and oxygen atoms in total. The van der Waals surface area contributed by atoms with Crippen molar-refractivity contribution in [3.05, 3.63) is 29.3 Å². The quantitative estimate of drug-likeness (QED) is 0.687. The zero-order valence-corrected chi connectivity index (χ0v) is 9.30. The van der Waals surface area contributed by atoms with E-state index in [0.29, 0.717) is 4.83 Å². The first-order valence-electron chi connectivity index (χ1n) is 4.60. The number of benzene rings is 1. The van der Waals surface area contributed by atoms with Crippen molar-refractivity contribution >= 4 is 15.9 Å². The lowest BCUT2D eigenvalue weighted by Crippen LogP contribution is -2.14. The Balaban J connectivity index is 2.39. The monoisotopic (exact) mass is 240 g/mol. The summed E-state index contributed by atoms with van der Waals surface area (Å²) in [4.78, 5) is 0.645. The van der Waals surface area contributed by atoms with E-state index in [1.807, 2.05) is 6.07 Å². The molecular formula is C11H13BrO. The van der Waals surface area contributed by atoms with Gasteiger partial charge in [0.1, 0.15) is 5.75 Å². The minimum absolute atomic E-state index is 0.645. The number of rotatable bonds is 1. The molecule has 0 heterocycles. The molecule has 1 aliphatic rings. The minimum Gasteiger partial charge on any atom is -0.496 e. The van der Waals surface area contributed by atoms with E-state index in [2.05, 4.69) is 28.1 Å². The lowest BCUT2D eigenvalue weighted by Gasteiger charge is -2.21. The van der Waals surface area contributed by atoms with Crippen molar-refractivity contribution in [2.24, 2.45) is 0 Å². The van der Waals surface area contributed by atoms with Gasteiger partial charge in [-0.2, -0.15) is 0 Å². The van der Waals surface area contributed by atoms with Crippen molar-refractivity contribution in [3.63, 3.8) is 0 Å². The molecule has 0 fully saturated rings. The molecule has 0 saturated carbocycles. The lowest BCUT2D eigenvalue weighted by molar-refractivity contribution is 0.406. The molecule has 1 aromatic rings. The number of fused-ring (bicyclic) bond motifs is 1. The van der Waals surface area contributed by atoms with Crippen LogP contribution in [0.3, 0.4) is 0 Å². The Morgan fingerprint density at radius 2 is 2.31 bits per heavy atom. The van der Waals surface area contributed by atoms with Crippen LogP contribution in [0.2, 0.25) is 0 Å². The van der Waals surface area contributed by atoms with E-state index in [-0.39, 0.29) is 0 Å². The van der Waals surface area contributed by atoms with Crippen LogP contribution in [-0.2, 0) is 12.8 Å². The highest BCUT2D eigenvalue weighted by Gasteiger charge is 2.18. The van der Waals surface area contributed by atoms with E-state index in [0.717, 1.165) is 18.6 Å². The standard InChI is InChI=1S/C11H13BrO/c1-13-11-4-2-3-8-7-9(12)5-6-10(8)11/h2-4,9H,5-7H2,1H3. The van der Waals surface area contributed by atoms with E-state index in [9.17, 15) is 0 Å². The van der Waals surface area contributed by atoms with Gasteiger partial charge in [0.05, 0.1) is 7.11 Å². The second-order valence-electron chi connectivity index (χ2n) is 3.44. The van der Waals surface area contributed by atoms with Gasteiger partial charge in [-0.3, -0.25) is 0 Å². The molecule has 0 spiro atoms. The molecule has 0 radical (unpaired) electrons. The Labute approximate surface area is 87.2 Å². The first-order chi connectivity index (χ1) is 6.31. The van der Waals surface area contributed by atoms with Crippen molar-refractivity contribution in [1.82, 2.24) is 0 Å².